The van der Waals surface area contributed by atoms with Gasteiger partial charge in [0.1, 0.15) is 34.6 Å². The minimum Gasteiger partial charge on any atom is -0.507 e. The van der Waals surface area contributed by atoms with Crippen LogP contribution in [-0.2, 0) is 66.5 Å². The van der Waals surface area contributed by atoms with Gasteiger partial charge >= 0.3 is 0 Å². The van der Waals surface area contributed by atoms with E-state index in [9.17, 15) is 48.6 Å². The van der Waals surface area contributed by atoms with Gasteiger partial charge in [0.25, 0.3) is 11.8 Å². The predicted octanol–water partition coefficient (Wildman–Crippen LogP) is 11.5. The van der Waals surface area contributed by atoms with E-state index in [1.807, 2.05) is 36.4 Å². The predicted molar refractivity (Wildman–Crippen MR) is 413 cm³/mol. The first kappa shape index (κ1) is 73.7. The van der Waals surface area contributed by atoms with Crippen molar-refractivity contribution in [3.05, 3.63) is 127 Å². The second-order valence-corrected chi connectivity index (χ2v) is 37.3. The first-order valence-electron chi connectivity index (χ1n) is 42.1. The molecule has 108 heavy (non-hydrogen) atoms. The lowest BCUT2D eigenvalue weighted by Crippen LogP contribution is -2.64. The quantitative estimate of drug-likeness (QED) is 0.0769. The number of hydrogen-bond donors (Lipinski definition) is 6. The van der Waals surface area contributed by atoms with E-state index in [1.54, 1.807) is 12.1 Å². The number of carbonyl (C=O) groups is 8. The van der Waals surface area contributed by atoms with Crippen LogP contribution in [0.25, 0.3) is 0 Å². The molecule has 4 saturated heterocycles. The first-order chi connectivity index (χ1) is 51.8. The Morgan fingerprint density at radius 2 is 0.648 bits per heavy atom. The van der Waals surface area contributed by atoms with Gasteiger partial charge in [-0.3, -0.25) is 58.0 Å². The van der Waals surface area contributed by atoms with Crippen molar-refractivity contribution >= 4 is 46.8 Å². The molecule has 8 bridgehead atoms. The Kier molecular flexibility index (Phi) is 19.1. The molecular formula is C90H116N8O10. The zero-order valence-electron chi connectivity index (χ0n) is 64.3. The number of carbonyl (C=O) groups excluding carboxylic acids is 8. The first-order valence-corrected chi connectivity index (χ1v) is 42.1. The summed E-state index contributed by atoms with van der Waals surface area (Å²) in [4.78, 5) is 108. The Hall–Kier alpha value is -7.12. The number of amides is 4. The summed E-state index contributed by atoms with van der Waals surface area (Å²) in [7, 11) is 0. The molecule has 0 spiro atoms. The molecule has 12 fully saturated rings. The summed E-state index contributed by atoms with van der Waals surface area (Å²) in [6.45, 7) is 13.7. The molecule has 576 valence electrons. The molecule has 4 aromatic carbocycles. The number of piperidine rings is 4. The minimum absolute atomic E-state index is 0.0311. The highest BCUT2D eigenvalue weighted by Gasteiger charge is 2.62. The summed E-state index contributed by atoms with van der Waals surface area (Å²) in [6, 6.07) is 23.6. The van der Waals surface area contributed by atoms with Crippen LogP contribution in [-0.4, -0.2) is 151 Å². The molecule has 4 heterocycles. The van der Waals surface area contributed by atoms with Crippen molar-refractivity contribution in [3.8, 4) is 11.5 Å². The van der Waals surface area contributed by atoms with Gasteiger partial charge in [0.05, 0.1) is 11.1 Å². The van der Waals surface area contributed by atoms with Gasteiger partial charge in [0.15, 0.2) is 0 Å². The Morgan fingerprint density at radius 1 is 0.370 bits per heavy atom. The standard InChI is InChI=1S/2C23H30N2O3.2C22H28N2O2/c2*1-13(14-3-2-4-14)25-10-9-23-12-16(26)6-8-18(23)19(25)11-15-5-7-17(22(24)28)21(27)20(15)23;2*1-13(14-2-3-14)24-9-8-22-12-17(25)6-7-18(22)20(24)11-15-4-5-16(21(23)26)10-19(15)22/h2*5,7,13-14,18-19,27H,2-4,6,8-12H2,1H3,(H2,24,28);2*4-5,10,13-14,18,20H,2-3,6-9,11-12H2,1H3,(H2,23,26)/t13-,18+,19-,23+;13-,18-,19+,23-;13-,18+,20-,22+;13-,18-,20+,22-/m1010/s1. The number of phenols is 2. The molecule has 0 radical (unpaired) electrons. The van der Waals surface area contributed by atoms with E-state index in [0.29, 0.717) is 133 Å². The number of benzene rings is 4. The number of hydrogen-bond acceptors (Lipinski definition) is 14. The van der Waals surface area contributed by atoms with Crippen molar-refractivity contribution in [1.82, 2.24) is 19.6 Å². The molecular weight excluding hydrogens is 1350 g/mol. The Morgan fingerprint density at radius 3 is 0.935 bits per heavy atom. The Labute approximate surface area is 637 Å². The number of ketones is 4. The maximum atomic E-state index is 12.5. The normalized spacial score (nSPS) is 34.1. The fraction of sp³-hybridized carbons (Fsp3) is 0.644. The van der Waals surface area contributed by atoms with Gasteiger partial charge in [0.2, 0.25) is 11.8 Å². The molecule has 8 saturated carbocycles. The summed E-state index contributed by atoms with van der Waals surface area (Å²) in [5.74, 6) is 4.58. The van der Waals surface area contributed by atoms with E-state index in [4.69, 9.17) is 22.9 Å². The van der Waals surface area contributed by atoms with Crippen LogP contribution in [0.4, 0.5) is 0 Å². The van der Waals surface area contributed by atoms with Crippen molar-refractivity contribution < 1.29 is 48.6 Å². The van der Waals surface area contributed by atoms with Gasteiger partial charge in [-0.15, -0.1) is 0 Å². The SMILES string of the molecule is C[C@@H](C1CC1)N1CC[C@]23CC(=O)CC[C@H]2[C@H]1Cc1ccc(C(N)=O)cc13.C[C@@H](C1CCC1)N1CC[C@]23CC(=O)CC[C@H]2[C@H]1Cc1ccc(C(N)=O)c(O)c13.C[C@H](C1CC1)N1CC[C@]23CC(=O)CC[C@H]2[C@H]1Cc1ccc(C(N)=O)cc13.C[C@H](C1CCC1)N1CC[C@]23CC(=O)CC[C@H]2[C@H]1Cc1ccc(C(N)=O)c(O)c13. The molecule has 18 heteroatoms. The number of aromatic hydroxyl groups is 2. The highest BCUT2D eigenvalue weighted by molar-refractivity contribution is 5.98. The third-order valence-electron chi connectivity index (χ3n) is 32.7. The maximum absolute atomic E-state index is 12.5. The summed E-state index contributed by atoms with van der Waals surface area (Å²) < 4.78 is 0. The second-order valence-electron chi connectivity index (χ2n) is 37.3. The summed E-state index contributed by atoms with van der Waals surface area (Å²) in [6.07, 6.45) is 30.0. The highest BCUT2D eigenvalue weighted by atomic mass is 16.3. The number of primary amides is 4. The summed E-state index contributed by atoms with van der Waals surface area (Å²) in [5, 5.41) is 22.0. The number of nitrogens with two attached hydrogens (primary N) is 4. The van der Waals surface area contributed by atoms with Gasteiger partial charge in [0, 0.05) is 144 Å². The van der Waals surface area contributed by atoms with Gasteiger partial charge in [-0.05, 0) is 299 Å². The third kappa shape index (κ3) is 12.2. The van der Waals surface area contributed by atoms with Crippen LogP contribution in [0.1, 0.15) is 281 Å². The zero-order chi connectivity index (χ0) is 75.4. The molecule has 16 aliphatic rings. The largest absolute Gasteiger partial charge is 0.507 e. The van der Waals surface area contributed by atoms with Crippen LogP contribution >= 0.6 is 0 Å². The van der Waals surface area contributed by atoms with Crippen LogP contribution in [0.3, 0.4) is 0 Å². The van der Waals surface area contributed by atoms with Gasteiger partial charge < -0.3 is 33.1 Å². The third-order valence-corrected chi connectivity index (χ3v) is 32.7. The van der Waals surface area contributed by atoms with Gasteiger partial charge in [-0.25, -0.2) is 0 Å². The van der Waals surface area contributed by atoms with Crippen molar-refractivity contribution in [2.45, 2.75) is 290 Å². The Balaban J connectivity index is 0.000000106. The van der Waals surface area contributed by atoms with Crippen LogP contribution < -0.4 is 22.9 Å². The van der Waals surface area contributed by atoms with E-state index in [1.165, 1.54) is 86.5 Å². The number of likely N-dealkylation sites (tertiary alicyclic amines) is 4. The lowest BCUT2D eigenvalue weighted by molar-refractivity contribution is -0.129. The van der Waals surface area contributed by atoms with E-state index in [2.05, 4.69) is 59.4 Å². The second kappa shape index (κ2) is 28.0. The smallest absolute Gasteiger partial charge is 0.252 e. The average Bonchev–Trinajstić information content (AvgIpc) is 0.834. The average molecular weight is 1470 g/mol. The van der Waals surface area contributed by atoms with Gasteiger partial charge in [-0.2, -0.15) is 0 Å². The van der Waals surface area contributed by atoms with Crippen LogP contribution in [0.5, 0.6) is 11.5 Å². The topological polar surface area (TPSA) is 294 Å². The van der Waals surface area contributed by atoms with Crippen molar-refractivity contribution in [2.75, 3.05) is 26.2 Å². The van der Waals surface area contributed by atoms with Gasteiger partial charge in [-0.1, -0.05) is 37.1 Å². The zero-order valence-corrected chi connectivity index (χ0v) is 64.3. The molecule has 20 rings (SSSR count). The number of nitrogens with zero attached hydrogens (tertiary/aromatic N) is 4. The van der Waals surface area contributed by atoms with Crippen LogP contribution in [0.15, 0.2) is 60.7 Å². The molecule has 10 N–H and O–H groups in total. The molecule has 12 aliphatic carbocycles. The lowest BCUT2D eigenvalue weighted by atomic mass is 9.51. The molecule has 16 atom stereocenters. The molecule has 0 aromatic heterocycles. The fourth-order valence-electron chi connectivity index (χ4n) is 26.5. The van der Waals surface area contributed by atoms with E-state index < -0.39 is 11.8 Å². The summed E-state index contributed by atoms with van der Waals surface area (Å²) in [5.41, 5.74) is 32.0. The van der Waals surface area contributed by atoms with E-state index in [0.717, 1.165) is 162 Å². The molecule has 4 aromatic rings. The monoisotopic (exact) mass is 1470 g/mol. The van der Waals surface area contributed by atoms with Crippen molar-refractivity contribution in [1.29, 1.82) is 0 Å². The molecule has 0 unspecified atom stereocenters. The van der Waals surface area contributed by atoms with Crippen LogP contribution in [0, 0.1) is 47.3 Å². The fourth-order valence-corrected chi connectivity index (χ4v) is 26.5. The lowest BCUT2D eigenvalue weighted by Gasteiger charge is -2.60. The molecule has 4 aliphatic heterocycles. The van der Waals surface area contributed by atoms with Crippen molar-refractivity contribution in [3.63, 3.8) is 0 Å². The van der Waals surface area contributed by atoms with E-state index >= 15 is 0 Å². The highest BCUT2D eigenvalue weighted by Crippen LogP contribution is 2.63. The molecule has 18 nitrogen and oxygen atoms in total. The Bertz CT molecular complexity index is 4070. The summed E-state index contributed by atoms with van der Waals surface area (Å²) >= 11 is 0. The van der Waals surface area contributed by atoms with Crippen molar-refractivity contribution in [2.24, 2.45) is 70.3 Å². The maximum Gasteiger partial charge on any atom is 0.252 e. The number of Topliss-reactive ketones (excluding diaryl/α,β-unsaturated/α-hetero) is 4. The van der Waals surface area contributed by atoms with E-state index in [-0.39, 0.29) is 67.7 Å². The number of fused-ring (bicyclic) bond motifs is 4. The van der Waals surface area contributed by atoms with Crippen LogP contribution in [0.2, 0.25) is 0 Å². The minimum atomic E-state index is -0.603. The molecule has 4 amide bonds. The number of rotatable bonds is 12.